The minimum absolute atomic E-state index is 0. The number of rotatable bonds is 5. The Hall–Kier alpha value is -1.06. The van der Waals surface area contributed by atoms with Crippen molar-refractivity contribution >= 4 is 41.8 Å². The van der Waals surface area contributed by atoms with Crippen LogP contribution in [0.25, 0.3) is 0 Å². The Labute approximate surface area is 180 Å². The summed E-state index contributed by atoms with van der Waals surface area (Å²) in [7, 11) is 3.46. The largest absolute Gasteiger partial charge is 0.354 e. The second-order valence-corrected chi connectivity index (χ2v) is 8.00. The van der Waals surface area contributed by atoms with E-state index in [9.17, 15) is 9.59 Å². The number of hydrogen-bond donors (Lipinski definition) is 2. The molecule has 2 fully saturated rings. The van der Waals surface area contributed by atoms with Gasteiger partial charge in [0, 0.05) is 45.2 Å². The van der Waals surface area contributed by atoms with Crippen LogP contribution in [0.1, 0.15) is 52.4 Å². The van der Waals surface area contributed by atoms with Gasteiger partial charge in [-0.25, -0.2) is 4.99 Å². The average molecular weight is 493 g/mol. The molecule has 1 aliphatic carbocycles. The van der Waals surface area contributed by atoms with Crippen LogP contribution in [0.4, 0.5) is 0 Å². The Kier molecular flexibility index (Phi) is 10.4. The molecule has 0 aromatic rings. The second-order valence-electron chi connectivity index (χ2n) is 8.00. The van der Waals surface area contributed by atoms with Gasteiger partial charge < -0.3 is 20.4 Å². The van der Waals surface area contributed by atoms with Crippen molar-refractivity contribution in [1.82, 2.24) is 20.4 Å². The van der Waals surface area contributed by atoms with E-state index in [1.165, 1.54) is 24.2 Å². The van der Waals surface area contributed by atoms with Crippen molar-refractivity contribution in [3.8, 4) is 0 Å². The molecule has 1 aliphatic heterocycles. The van der Waals surface area contributed by atoms with E-state index in [4.69, 9.17) is 0 Å². The zero-order chi connectivity index (χ0) is 19.1. The molecule has 2 amide bonds. The fraction of sp³-hybridized carbons (Fsp3) is 0.842. The zero-order valence-electron chi connectivity index (χ0n) is 17.2. The number of carbonyl (C=O) groups excluding carboxylic acids is 2. The molecule has 1 heterocycles. The van der Waals surface area contributed by atoms with Crippen molar-refractivity contribution in [1.29, 1.82) is 0 Å². The minimum atomic E-state index is -0.0321. The monoisotopic (exact) mass is 493 g/mol. The Morgan fingerprint density at radius 2 is 1.81 bits per heavy atom. The highest BCUT2D eigenvalue weighted by atomic mass is 127. The fourth-order valence-electron chi connectivity index (χ4n) is 3.57. The molecule has 1 atom stereocenters. The Morgan fingerprint density at radius 3 is 2.41 bits per heavy atom. The molecular weight excluding hydrogens is 457 g/mol. The van der Waals surface area contributed by atoms with Crippen molar-refractivity contribution in [3.63, 3.8) is 0 Å². The van der Waals surface area contributed by atoms with E-state index in [-0.39, 0.29) is 54.4 Å². The molecule has 1 saturated heterocycles. The maximum absolute atomic E-state index is 12.7. The average Bonchev–Trinajstić information content (AvgIpc) is 3.07. The highest BCUT2D eigenvalue weighted by Gasteiger charge is 2.31. The lowest BCUT2D eigenvalue weighted by molar-refractivity contribution is -0.135. The highest BCUT2D eigenvalue weighted by molar-refractivity contribution is 14.0. The minimum Gasteiger partial charge on any atom is -0.354 e. The number of amides is 2. The van der Waals surface area contributed by atoms with Crippen molar-refractivity contribution in [2.24, 2.45) is 10.9 Å². The fourth-order valence-corrected chi connectivity index (χ4v) is 3.57. The number of hydrogen-bond acceptors (Lipinski definition) is 3. The summed E-state index contributed by atoms with van der Waals surface area (Å²) in [5, 5.41) is 6.68. The number of nitrogens with zero attached hydrogens (tertiary/aromatic N) is 3. The van der Waals surface area contributed by atoms with Gasteiger partial charge in [-0.2, -0.15) is 0 Å². The van der Waals surface area contributed by atoms with Crippen LogP contribution >= 0.6 is 24.0 Å². The lowest BCUT2D eigenvalue weighted by atomic mass is 9.88. The molecule has 27 heavy (non-hydrogen) atoms. The second kappa shape index (κ2) is 11.7. The molecule has 2 aliphatic rings. The molecule has 2 rings (SSSR count). The van der Waals surface area contributed by atoms with Crippen molar-refractivity contribution in [2.75, 3.05) is 33.7 Å². The van der Waals surface area contributed by atoms with E-state index >= 15 is 0 Å². The van der Waals surface area contributed by atoms with Crippen LogP contribution in [0.3, 0.4) is 0 Å². The molecule has 0 radical (unpaired) electrons. The third-order valence-electron chi connectivity index (χ3n) is 5.09. The molecule has 7 nitrogen and oxygen atoms in total. The Bertz CT molecular complexity index is 518. The number of nitrogens with one attached hydrogen (secondary N) is 2. The molecule has 2 N–H and O–H groups in total. The van der Waals surface area contributed by atoms with Crippen LogP contribution in [-0.2, 0) is 9.59 Å². The van der Waals surface area contributed by atoms with Gasteiger partial charge >= 0.3 is 0 Å². The molecular formula is C19H36IN5O2. The van der Waals surface area contributed by atoms with Gasteiger partial charge in [-0.3, -0.25) is 9.59 Å². The third-order valence-corrected chi connectivity index (χ3v) is 5.09. The van der Waals surface area contributed by atoms with Crippen molar-refractivity contribution in [2.45, 2.75) is 64.5 Å². The predicted octanol–water partition coefficient (Wildman–Crippen LogP) is 1.82. The van der Waals surface area contributed by atoms with Gasteiger partial charge in [0.2, 0.25) is 11.8 Å². The SMILES string of the molecule is CC(C)NC(=NCC(=O)N(C)C)NC1CCN(C(=O)C2CCCCC2)C1.I. The lowest BCUT2D eigenvalue weighted by Gasteiger charge is -2.26. The van der Waals surface area contributed by atoms with Crippen LogP contribution in [-0.4, -0.2) is 73.4 Å². The predicted molar refractivity (Wildman–Crippen MR) is 119 cm³/mol. The van der Waals surface area contributed by atoms with Crippen molar-refractivity contribution in [3.05, 3.63) is 0 Å². The molecule has 1 unspecified atom stereocenters. The molecule has 0 aromatic heterocycles. The summed E-state index contributed by atoms with van der Waals surface area (Å²) in [4.78, 5) is 32.5. The van der Waals surface area contributed by atoms with E-state index in [1.54, 1.807) is 14.1 Å². The normalized spacial score (nSPS) is 21.0. The number of likely N-dealkylation sites (N-methyl/N-ethyl adjacent to an activating group) is 1. The summed E-state index contributed by atoms with van der Waals surface area (Å²) in [6, 6.07) is 0.402. The molecule has 156 valence electrons. The zero-order valence-corrected chi connectivity index (χ0v) is 19.5. The molecule has 1 saturated carbocycles. The van der Waals surface area contributed by atoms with Gasteiger partial charge in [0.15, 0.2) is 5.96 Å². The smallest absolute Gasteiger partial charge is 0.243 e. The number of halogens is 1. The molecule has 0 aromatic carbocycles. The van der Waals surface area contributed by atoms with Gasteiger partial charge in [-0.05, 0) is 33.1 Å². The molecule has 8 heteroatoms. The Balaban J connectivity index is 0.00000364. The number of carbonyl (C=O) groups is 2. The topological polar surface area (TPSA) is 77.0 Å². The van der Waals surface area contributed by atoms with Crippen LogP contribution in [0.5, 0.6) is 0 Å². The first-order valence-corrected chi connectivity index (χ1v) is 9.93. The van der Waals surface area contributed by atoms with E-state index in [1.807, 2.05) is 18.7 Å². The van der Waals surface area contributed by atoms with E-state index < -0.39 is 0 Å². The van der Waals surface area contributed by atoms with Gasteiger partial charge in [0.05, 0.1) is 0 Å². The lowest BCUT2D eigenvalue weighted by Crippen LogP contribution is -2.48. The van der Waals surface area contributed by atoms with E-state index in [2.05, 4.69) is 15.6 Å². The highest BCUT2D eigenvalue weighted by Crippen LogP contribution is 2.26. The Morgan fingerprint density at radius 1 is 1.15 bits per heavy atom. The summed E-state index contributed by atoms with van der Waals surface area (Å²) < 4.78 is 0. The maximum Gasteiger partial charge on any atom is 0.243 e. The maximum atomic E-state index is 12.7. The van der Waals surface area contributed by atoms with Crippen LogP contribution < -0.4 is 10.6 Å². The van der Waals surface area contributed by atoms with Crippen molar-refractivity contribution < 1.29 is 9.59 Å². The molecule has 0 spiro atoms. The van der Waals surface area contributed by atoms with Crippen LogP contribution in [0, 0.1) is 5.92 Å². The summed E-state index contributed by atoms with van der Waals surface area (Å²) in [5.41, 5.74) is 0. The summed E-state index contributed by atoms with van der Waals surface area (Å²) in [6.07, 6.45) is 6.63. The standard InChI is InChI=1S/C19H35N5O2.HI/c1-14(2)21-19(20-12-17(25)23(3)4)22-16-10-11-24(13-16)18(26)15-8-6-5-7-9-15;/h14-16H,5-13H2,1-4H3,(H2,20,21,22);1H. The van der Waals surface area contributed by atoms with Gasteiger partial charge in [-0.1, -0.05) is 19.3 Å². The summed E-state index contributed by atoms with van der Waals surface area (Å²) in [5.74, 6) is 1.16. The van der Waals surface area contributed by atoms with Crippen LogP contribution in [0.15, 0.2) is 4.99 Å². The first-order valence-electron chi connectivity index (χ1n) is 9.93. The van der Waals surface area contributed by atoms with Crippen LogP contribution in [0.2, 0.25) is 0 Å². The van der Waals surface area contributed by atoms with Gasteiger partial charge in [-0.15, -0.1) is 24.0 Å². The summed E-state index contributed by atoms with van der Waals surface area (Å²) >= 11 is 0. The number of likely N-dealkylation sites (tertiary alicyclic amines) is 1. The first kappa shape index (κ1) is 24.0. The van der Waals surface area contributed by atoms with Gasteiger partial charge in [0.25, 0.3) is 0 Å². The van der Waals surface area contributed by atoms with E-state index in [0.29, 0.717) is 11.9 Å². The van der Waals surface area contributed by atoms with E-state index in [0.717, 1.165) is 32.4 Å². The first-order chi connectivity index (χ1) is 12.4. The quantitative estimate of drug-likeness (QED) is 0.348. The number of guanidine groups is 1. The number of aliphatic imine (C=N–C) groups is 1. The third kappa shape index (κ3) is 7.83. The summed E-state index contributed by atoms with van der Waals surface area (Å²) in [6.45, 7) is 5.72. The molecule has 0 bridgehead atoms. The van der Waals surface area contributed by atoms with Gasteiger partial charge in [0.1, 0.15) is 6.54 Å².